The van der Waals surface area contributed by atoms with Crippen LogP contribution in [0.25, 0.3) is 0 Å². The highest BCUT2D eigenvalue weighted by Crippen LogP contribution is 2.22. The Hall–Kier alpha value is -2.52. The van der Waals surface area contributed by atoms with Crippen LogP contribution in [0.5, 0.6) is 0 Å². The van der Waals surface area contributed by atoms with E-state index in [2.05, 4.69) is 41.2 Å². The first kappa shape index (κ1) is 35.7. The molecule has 0 radical (unpaired) electrons. The van der Waals surface area contributed by atoms with Crippen molar-refractivity contribution in [3.8, 4) is 0 Å². The second kappa shape index (κ2) is 16.4. The van der Waals surface area contributed by atoms with Crippen LogP contribution in [0.1, 0.15) is 59.8 Å². The minimum Gasteiger partial charge on any atom is -0.480 e. The van der Waals surface area contributed by atoms with Crippen molar-refractivity contribution in [2.24, 2.45) is 17.6 Å². The number of carboxylic acid groups (broad SMARTS) is 1. The predicted octanol–water partition coefficient (Wildman–Crippen LogP) is -0.604. The Labute approximate surface area is 258 Å². The van der Waals surface area contributed by atoms with Gasteiger partial charge in [-0.3, -0.25) is 24.0 Å². The Kier molecular flexibility index (Phi) is 13.9. The zero-order valence-corrected chi connectivity index (χ0v) is 26.5. The first-order valence-corrected chi connectivity index (χ1v) is 15.8. The molecule has 0 saturated carbocycles. The van der Waals surface area contributed by atoms with Crippen LogP contribution in [0.4, 0.5) is 0 Å². The van der Waals surface area contributed by atoms with Crippen LogP contribution in [0.15, 0.2) is 0 Å². The minimum absolute atomic E-state index is 0.0523. The van der Waals surface area contributed by atoms with Crippen molar-refractivity contribution in [1.82, 2.24) is 25.8 Å². The largest absolute Gasteiger partial charge is 0.480 e. The number of amides is 5. The van der Waals surface area contributed by atoms with Gasteiger partial charge in [-0.05, 0) is 37.5 Å². The number of carbonyl (C=O) groups is 6. The van der Waals surface area contributed by atoms with Crippen molar-refractivity contribution >= 4 is 60.8 Å². The standard InChI is InChI=1S/C27H46N6O7S2/c1-5-15(4)20(28)26(38)33-11-7-8-18(33)23(35)29-16(12-41)22(34)30-17(13-42)25(37)32-10-6-9-19(32)24(36)31-21(14(2)3)27(39)40/h14-21,41-42H,5-13,28H2,1-4H3,(H,29,35)(H,30,34)(H,31,36)(H,39,40). The molecule has 2 aliphatic rings. The summed E-state index contributed by atoms with van der Waals surface area (Å²) in [6, 6.07) is -5.69. The molecule has 2 fully saturated rings. The number of nitrogens with two attached hydrogens (primary N) is 1. The fourth-order valence-corrected chi connectivity index (χ4v) is 5.68. The Morgan fingerprint density at radius 1 is 0.833 bits per heavy atom. The Bertz CT molecular complexity index is 1020. The van der Waals surface area contributed by atoms with E-state index in [0.717, 1.165) is 0 Å². The number of hydrogen-bond acceptors (Lipinski definition) is 9. The van der Waals surface area contributed by atoms with Gasteiger partial charge in [0.05, 0.1) is 6.04 Å². The van der Waals surface area contributed by atoms with Gasteiger partial charge in [0.15, 0.2) is 0 Å². The maximum absolute atomic E-state index is 13.4. The number of likely N-dealkylation sites (tertiary alicyclic amines) is 2. The van der Waals surface area contributed by atoms with Gasteiger partial charge in [0, 0.05) is 24.6 Å². The van der Waals surface area contributed by atoms with Crippen LogP contribution in [-0.4, -0.2) is 111 Å². The highest BCUT2D eigenvalue weighted by atomic mass is 32.1. The fraction of sp³-hybridized carbons (Fsp3) is 0.778. The first-order valence-electron chi connectivity index (χ1n) is 14.5. The van der Waals surface area contributed by atoms with E-state index < -0.39 is 65.8 Å². The van der Waals surface area contributed by atoms with Gasteiger partial charge in [-0.1, -0.05) is 34.1 Å². The monoisotopic (exact) mass is 630 g/mol. The van der Waals surface area contributed by atoms with Crippen LogP contribution in [0.3, 0.4) is 0 Å². The van der Waals surface area contributed by atoms with Crippen LogP contribution in [0, 0.1) is 11.8 Å². The topological polar surface area (TPSA) is 191 Å². The predicted molar refractivity (Wildman–Crippen MR) is 163 cm³/mol. The molecule has 0 aliphatic carbocycles. The molecule has 2 heterocycles. The SMILES string of the molecule is CCC(C)C(N)C(=O)N1CCCC1C(=O)NC(CS)C(=O)NC(CS)C(=O)N1CCCC1C(=O)NC(C(=O)O)C(C)C. The van der Waals surface area contributed by atoms with Crippen LogP contribution >= 0.6 is 25.3 Å². The Balaban J connectivity index is 2.06. The van der Waals surface area contributed by atoms with Crippen LogP contribution in [-0.2, 0) is 28.8 Å². The van der Waals surface area contributed by atoms with E-state index >= 15 is 0 Å². The maximum Gasteiger partial charge on any atom is 0.326 e. The summed E-state index contributed by atoms with van der Waals surface area (Å²) in [5.74, 6) is -4.31. The molecule has 15 heteroatoms. The van der Waals surface area contributed by atoms with Crippen LogP contribution in [0.2, 0.25) is 0 Å². The molecule has 0 aromatic rings. The molecule has 2 saturated heterocycles. The molecule has 5 amide bonds. The average molecular weight is 631 g/mol. The highest BCUT2D eigenvalue weighted by molar-refractivity contribution is 7.80. The van der Waals surface area contributed by atoms with E-state index in [4.69, 9.17) is 5.73 Å². The summed E-state index contributed by atoms with van der Waals surface area (Å²) in [5.41, 5.74) is 6.12. The van der Waals surface area contributed by atoms with E-state index in [1.165, 1.54) is 9.80 Å². The summed E-state index contributed by atoms with van der Waals surface area (Å²) >= 11 is 8.44. The van der Waals surface area contributed by atoms with E-state index in [1.54, 1.807) is 13.8 Å². The zero-order chi connectivity index (χ0) is 31.7. The van der Waals surface area contributed by atoms with Crippen molar-refractivity contribution in [3.63, 3.8) is 0 Å². The molecule has 13 nitrogen and oxygen atoms in total. The lowest BCUT2D eigenvalue weighted by molar-refractivity contribution is -0.145. The van der Waals surface area contributed by atoms with Crippen molar-refractivity contribution < 1.29 is 33.9 Å². The van der Waals surface area contributed by atoms with Crippen molar-refractivity contribution in [3.05, 3.63) is 0 Å². The molecule has 2 aliphatic heterocycles. The smallest absolute Gasteiger partial charge is 0.326 e. The van der Waals surface area contributed by atoms with Crippen molar-refractivity contribution in [1.29, 1.82) is 0 Å². The second-order valence-corrected chi connectivity index (χ2v) is 12.1. The summed E-state index contributed by atoms with van der Waals surface area (Å²) in [7, 11) is 0. The Morgan fingerprint density at radius 2 is 1.33 bits per heavy atom. The number of carboxylic acids is 1. The molecule has 6 N–H and O–H groups in total. The molecule has 7 atom stereocenters. The molecule has 0 aromatic carbocycles. The summed E-state index contributed by atoms with van der Waals surface area (Å²) in [6.45, 7) is 7.80. The minimum atomic E-state index is -1.17. The molecular weight excluding hydrogens is 584 g/mol. The highest BCUT2D eigenvalue weighted by Gasteiger charge is 2.41. The third-order valence-corrected chi connectivity index (χ3v) is 8.79. The van der Waals surface area contributed by atoms with Crippen molar-refractivity contribution in [2.45, 2.75) is 96.1 Å². The van der Waals surface area contributed by atoms with E-state index in [-0.39, 0.29) is 35.8 Å². The lowest BCUT2D eigenvalue weighted by Crippen LogP contribution is -2.60. The van der Waals surface area contributed by atoms with Gasteiger partial charge in [0.2, 0.25) is 29.5 Å². The summed E-state index contributed by atoms with van der Waals surface area (Å²) in [5, 5.41) is 17.2. The van der Waals surface area contributed by atoms with E-state index in [0.29, 0.717) is 38.6 Å². The molecule has 2 rings (SSSR count). The Morgan fingerprint density at radius 3 is 1.79 bits per heavy atom. The van der Waals surface area contributed by atoms with Gasteiger partial charge >= 0.3 is 5.97 Å². The first-order chi connectivity index (χ1) is 19.8. The number of thiol groups is 2. The molecular formula is C27H46N6O7S2. The third-order valence-electron chi connectivity index (χ3n) is 8.06. The molecule has 0 spiro atoms. The average Bonchev–Trinajstić information content (AvgIpc) is 3.65. The number of nitrogens with zero attached hydrogens (tertiary/aromatic N) is 2. The molecule has 0 bridgehead atoms. The van der Waals surface area contributed by atoms with Gasteiger partial charge in [-0.15, -0.1) is 0 Å². The number of nitrogens with one attached hydrogen (secondary N) is 3. The van der Waals surface area contributed by atoms with E-state index in [9.17, 15) is 33.9 Å². The number of carbonyl (C=O) groups excluding carboxylic acids is 5. The molecule has 238 valence electrons. The fourth-order valence-electron chi connectivity index (χ4n) is 5.18. The summed E-state index contributed by atoms with van der Waals surface area (Å²) in [4.78, 5) is 79.9. The van der Waals surface area contributed by atoms with Gasteiger partial charge < -0.3 is 36.6 Å². The van der Waals surface area contributed by atoms with Crippen molar-refractivity contribution in [2.75, 3.05) is 24.6 Å². The zero-order valence-electron chi connectivity index (χ0n) is 24.7. The van der Waals surface area contributed by atoms with Crippen LogP contribution < -0.4 is 21.7 Å². The van der Waals surface area contributed by atoms with Gasteiger partial charge in [-0.2, -0.15) is 25.3 Å². The number of rotatable bonds is 14. The van der Waals surface area contributed by atoms with E-state index in [1.807, 2.05) is 13.8 Å². The number of hydrogen-bond donors (Lipinski definition) is 7. The summed E-state index contributed by atoms with van der Waals surface area (Å²) < 4.78 is 0. The number of aliphatic carboxylic acids is 1. The van der Waals surface area contributed by atoms with Gasteiger partial charge in [0.1, 0.15) is 30.2 Å². The molecule has 0 aromatic heterocycles. The normalized spacial score (nSPS) is 22.2. The maximum atomic E-state index is 13.4. The summed E-state index contributed by atoms with van der Waals surface area (Å²) in [6.07, 6.45) is 2.65. The van der Waals surface area contributed by atoms with Gasteiger partial charge in [-0.25, -0.2) is 4.79 Å². The third kappa shape index (κ3) is 8.75. The molecule has 42 heavy (non-hydrogen) atoms. The quantitative estimate of drug-likeness (QED) is 0.124. The lowest BCUT2D eigenvalue weighted by Gasteiger charge is -2.31. The van der Waals surface area contributed by atoms with Gasteiger partial charge in [0.25, 0.3) is 0 Å². The molecule has 7 unspecified atom stereocenters. The lowest BCUT2D eigenvalue weighted by atomic mass is 9.98. The second-order valence-electron chi connectivity index (χ2n) is 11.3.